The van der Waals surface area contributed by atoms with Crippen LogP contribution in [0.3, 0.4) is 0 Å². The van der Waals surface area contributed by atoms with Crippen molar-refractivity contribution in [3.63, 3.8) is 0 Å². The highest BCUT2D eigenvalue weighted by Gasteiger charge is 2.38. The molecule has 0 unspecified atom stereocenters. The molecule has 45 heavy (non-hydrogen) atoms. The molecule has 2 aliphatic rings. The van der Waals surface area contributed by atoms with Gasteiger partial charge in [0.15, 0.2) is 4.80 Å². The molecule has 0 radical (unpaired) electrons. The van der Waals surface area contributed by atoms with E-state index in [0.717, 1.165) is 33.7 Å². The lowest BCUT2D eigenvalue weighted by molar-refractivity contribution is -0.138. The highest BCUT2D eigenvalue weighted by Crippen LogP contribution is 2.38. The van der Waals surface area contributed by atoms with E-state index < -0.39 is 17.6 Å². The molecule has 7 rings (SSSR count). The molecule has 1 aromatic heterocycles. The number of nitrogens with zero attached hydrogens (tertiary/aromatic N) is 3. The van der Waals surface area contributed by atoms with E-state index in [1.54, 1.807) is 24.0 Å². The van der Waals surface area contributed by atoms with Gasteiger partial charge in [0.2, 0.25) is 0 Å². The zero-order chi connectivity index (χ0) is 31.1. The van der Waals surface area contributed by atoms with E-state index >= 15 is 0 Å². The molecule has 0 spiro atoms. The Hall–Kier alpha value is -5.05. The van der Waals surface area contributed by atoms with Gasteiger partial charge in [0.25, 0.3) is 11.5 Å². The summed E-state index contributed by atoms with van der Waals surface area (Å²) in [6, 6.07) is 32.7. The second-order valence-electron chi connectivity index (χ2n) is 10.6. The molecule has 0 aliphatic carbocycles. The van der Waals surface area contributed by atoms with Crippen molar-refractivity contribution in [3.8, 4) is 0 Å². The maximum absolute atomic E-state index is 14.5. The van der Waals surface area contributed by atoms with Crippen LogP contribution in [-0.4, -0.2) is 23.1 Å². The Kier molecular flexibility index (Phi) is 7.53. The number of anilines is 1. The second-order valence-corrected chi connectivity index (χ2v) is 12.0. The van der Waals surface area contributed by atoms with Crippen LogP contribution in [0.1, 0.15) is 35.2 Å². The summed E-state index contributed by atoms with van der Waals surface area (Å²) in [7, 11) is 0. The lowest BCUT2D eigenvalue weighted by atomic mass is 9.93. The third-order valence-corrected chi connectivity index (χ3v) is 9.17. The third-order valence-electron chi connectivity index (χ3n) is 7.87. The Labute approximate surface area is 267 Å². The number of hydrogen-bond donors (Lipinski definition) is 0. The van der Waals surface area contributed by atoms with E-state index in [1.807, 2.05) is 97.1 Å². The number of carbonyl (C=O) groups is 2. The van der Waals surface area contributed by atoms with Gasteiger partial charge in [-0.3, -0.25) is 14.2 Å². The van der Waals surface area contributed by atoms with Gasteiger partial charge in [0.05, 0.1) is 41.7 Å². The van der Waals surface area contributed by atoms with Gasteiger partial charge in [-0.05, 0) is 36.2 Å². The SMILES string of the molecule is CCOC(=O)C1=C(c2ccccc2)N=c2s/c(=C3/C(=O)N(Cc4ccc(Cl)cc4)c4ccccc43)c(=O)n2[C@H]1c1ccccc1. The van der Waals surface area contributed by atoms with Crippen LogP contribution in [0.25, 0.3) is 11.3 Å². The van der Waals surface area contributed by atoms with Crippen molar-refractivity contribution in [2.45, 2.75) is 19.5 Å². The number of aromatic nitrogens is 1. The Morgan fingerprint density at radius 2 is 1.56 bits per heavy atom. The summed E-state index contributed by atoms with van der Waals surface area (Å²) in [4.78, 5) is 49.4. The lowest BCUT2D eigenvalue weighted by Crippen LogP contribution is -2.41. The molecule has 222 valence electrons. The van der Waals surface area contributed by atoms with E-state index in [1.165, 1.54) is 4.57 Å². The van der Waals surface area contributed by atoms with Crippen LogP contribution in [-0.2, 0) is 20.9 Å². The first-order valence-electron chi connectivity index (χ1n) is 14.5. The standard InChI is InChI=1S/C36H26ClN3O4S/c1-2-44-35(43)29-30(23-11-5-3-6-12-23)38-36-40(31(29)24-13-7-4-8-14-24)34(42)32(45-36)28-26-15-9-10-16-27(26)39(33(28)41)21-22-17-19-25(37)20-18-22/h3-20,31H,2,21H2,1H3/b32-28+/t31-/m0/s1. The Bertz CT molecular complexity index is 2170. The van der Waals surface area contributed by atoms with Crippen molar-refractivity contribution in [1.82, 2.24) is 4.57 Å². The predicted molar refractivity (Wildman–Crippen MR) is 176 cm³/mol. The number of benzene rings is 4. The molecule has 5 aromatic rings. The van der Waals surface area contributed by atoms with E-state index in [4.69, 9.17) is 21.3 Å². The molecular formula is C36H26ClN3O4S. The zero-order valence-corrected chi connectivity index (χ0v) is 25.7. The maximum Gasteiger partial charge on any atom is 0.338 e. The van der Waals surface area contributed by atoms with Crippen molar-refractivity contribution in [2.75, 3.05) is 11.5 Å². The molecule has 1 atom stereocenters. The monoisotopic (exact) mass is 631 g/mol. The summed E-state index contributed by atoms with van der Waals surface area (Å²) < 4.78 is 7.34. The highest BCUT2D eigenvalue weighted by atomic mass is 35.5. The van der Waals surface area contributed by atoms with Crippen molar-refractivity contribution < 1.29 is 14.3 Å². The Morgan fingerprint density at radius 1 is 0.889 bits per heavy atom. The largest absolute Gasteiger partial charge is 0.463 e. The van der Waals surface area contributed by atoms with Crippen LogP contribution < -0.4 is 19.8 Å². The van der Waals surface area contributed by atoms with Crippen LogP contribution in [0, 0.1) is 0 Å². The molecule has 2 aliphatic heterocycles. The van der Waals surface area contributed by atoms with Gasteiger partial charge in [-0.2, -0.15) is 0 Å². The minimum atomic E-state index is -0.817. The van der Waals surface area contributed by atoms with E-state index in [0.29, 0.717) is 33.2 Å². The fourth-order valence-corrected chi connectivity index (χ4v) is 7.09. The quantitative estimate of drug-likeness (QED) is 0.232. The topological polar surface area (TPSA) is 81.0 Å². The molecule has 4 aromatic carbocycles. The van der Waals surface area contributed by atoms with Gasteiger partial charge in [-0.15, -0.1) is 0 Å². The number of thiazole rings is 1. The molecule has 7 nitrogen and oxygen atoms in total. The number of halogens is 1. The molecule has 0 bridgehead atoms. The van der Waals surface area contributed by atoms with Crippen LogP contribution in [0.15, 0.2) is 125 Å². The number of hydrogen-bond acceptors (Lipinski definition) is 6. The summed E-state index contributed by atoms with van der Waals surface area (Å²) >= 11 is 7.26. The number of fused-ring (bicyclic) bond motifs is 2. The van der Waals surface area contributed by atoms with Crippen LogP contribution in [0.4, 0.5) is 5.69 Å². The average Bonchev–Trinajstić information content (AvgIpc) is 3.54. The van der Waals surface area contributed by atoms with Gasteiger partial charge in [-0.25, -0.2) is 9.79 Å². The fourth-order valence-electron chi connectivity index (χ4n) is 5.87. The first kappa shape index (κ1) is 28.7. The minimum Gasteiger partial charge on any atom is -0.463 e. The molecule has 1 amide bonds. The van der Waals surface area contributed by atoms with E-state index in [-0.39, 0.29) is 22.6 Å². The molecule has 0 fully saturated rings. The number of rotatable bonds is 6. The molecule has 0 saturated carbocycles. The fraction of sp³-hybridized carbons (Fsp3) is 0.111. The number of esters is 1. The summed E-state index contributed by atoms with van der Waals surface area (Å²) in [6.07, 6.45) is 0. The summed E-state index contributed by atoms with van der Waals surface area (Å²) in [5.74, 6) is -0.830. The Morgan fingerprint density at radius 3 is 2.27 bits per heavy atom. The molecular weight excluding hydrogens is 606 g/mol. The van der Waals surface area contributed by atoms with Gasteiger partial charge in [0.1, 0.15) is 4.53 Å². The third kappa shape index (κ3) is 5.02. The minimum absolute atomic E-state index is 0.162. The van der Waals surface area contributed by atoms with Crippen molar-refractivity contribution >= 4 is 51.8 Å². The maximum atomic E-state index is 14.5. The normalized spacial score (nSPS) is 16.7. The average molecular weight is 632 g/mol. The van der Waals surface area contributed by atoms with Gasteiger partial charge >= 0.3 is 5.97 Å². The van der Waals surface area contributed by atoms with Crippen molar-refractivity contribution in [3.05, 3.63) is 162 Å². The first-order valence-corrected chi connectivity index (χ1v) is 15.7. The van der Waals surface area contributed by atoms with Crippen molar-refractivity contribution in [1.29, 1.82) is 0 Å². The number of ether oxygens (including phenoxy) is 1. The lowest BCUT2D eigenvalue weighted by Gasteiger charge is -2.25. The molecule has 0 N–H and O–H groups in total. The number of para-hydroxylation sites is 1. The number of carbonyl (C=O) groups excluding carboxylic acids is 2. The summed E-state index contributed by atoms with van der Waals surface area (Å²) in [5, 5.41) is 0.610. The highest BCUT2D eigenvalue weighted by molar-refractivity contribution is 7.07. The smallest absolute Gasteiger partial charge is 0.338 e. The Balaban J connectivity index is 1.49. The van der Waals surface area contributed by atoms with Crippen LogP contribution in [0.5, 0.6) is 0 Å². The van der Waals surface area contributed by atoms with Crippen LogP contribution in [0.2, 0.25) is 5.02 Å². The molecule has 0 saturated heterocycles. The molecule has 9 heteroatoms. The zero-order valence-electron chi connectivity index (χ0n) is 24.1. The second kappa shape index (κ2) is 11.8. The number of amides is 1. The molecule has 3 heterocycles. The first-order chi connectivity index (χ1) is 22.0. The van der Waals surface area contributed by atoms with Gasteiger partial charge in [-0.1, -0.05) is 114 Å². The summed E-state index contributed by atoms with van der Waals surface area (Å²) in [6.45, 7) is 2.22. The summed E-state index contributed by atoms with van der Waals surface area (Å²) in [5.41, 5.74) is 4.36. The van der Waals surface area contributed by atoms with E-state index in [2.05, 4.69) is 0 Å². The van der Waals surface area contributed by atoms with Gasteiger partial charge in [0, 0.05) is 16.1 Å². The van der Waals surface area contributed by atoms with Crippen molar-refractivity contribution in [2.24, 2.45) is 4.99 Å². The van der Waals surface area contributed by atoms with Crippen LogP contribution >= 0.6 is 22.9 Å². The van der Waals surface area contributed by atoms with E-state index in [9.17, 15) is 14.4 Å². The predicted octanol–water partition coefficient (Wildman–Crippen LogP) is 5.51. The van der Waals surface area contributed by atoms with Gasteiger partial charge < -0.3 is 9.64 Å².